The third kappa shape index (κ3) is 3.30. The molecule has 7 nitrogen and oxygen atoms in total. The molecule has 2 aromatic rings. The maximum atomic E-state index is 13.1. The molecule has 2 aliphatic heterocycles. The molecule has 28 heavy (non-hydrogen) atoms. The number of likely N-dealkylation sites (N-methyl/N-ethyl adjacent to an activating group) is 1. The normalized spacial score (nSPS) is 18.5. The van der Waals surface area contributed by atoms with Crippen LogP contribution in [-0.2, 0) is 17.6 Å². The topological polar surface area (TPSA) is 69.6 Å². The Balaban J connectivity index is 1.58. The van der Waals surface area contributed by atoms with Crippen LogP contribution in [0.4, 0.5) is 20.7 Å². The molecule has 0 saturated carbocycles. The molecule has 0 spiro atoms. The summed E-state index contributed by atoms with van der Waals surface area (Å²) in [6, 6.07) is 6.14. The van der Waals surface area contributed by atoms with Gasteiger partial charge in [-0.2, -0.15) is 0 Å². The molecule has 2 aliphatic rings. The van der Waals surface area contributed by atoms with Crippen molar-refractivity contribution in [2.24, 2.45) is 0 Å². The minimum Gasteiger partial charge on any atom is -0.344 e. The standard InChI is InChI=1S/C20H22FN5O2/c1-24-16-12-22-17(9-6-14-4-7-15(21)8-5-14)23-19(16)26(18(24)13-27)20(28)25-10-2-3-11-25/h4-5,7-8,12-13,18H,2-3,6,9-11H2,1H3. The molecular formula is C20H22FN5O2. The Morgan fingerprint density at radius 3 is 2.61 bits per heavy atom. The number of rotatable bonds is 4. The van der Waals surface area contributed by atoms with Gasteiger partial charge < -0.3 is 9.80 Å². The lowest BCUT2D eigenvalue weighted by molar-refractivity contribution is -0.108. The number of aromatic nitrogens is 2. The first-order valence-corrected chi connectivity index (χ1v) is 9.45. The number of fused-ring (bicyclic) bond motifs is 1. The number of carbonyl (C=O) groups is 2. The van der Waals surface area contributed by atoms with Gasteiger partial charge in [0.1, 0.15) is 17.3 Å². The predicted octanol–water partition coefficient (Wildman–Crippen LogP) is 2.40. The van der Waals surface area contributed by atoms with Crippen molar-refractivity contribution in [1.82, 2.24) is 14.9 Å². The molecule has 0 radical (unpaired) electrons. The second-order valence-corrected chi connectivity index (χ2v) is 7.13. The third-order valence-electron chi connectivity index (χ3n) is 5.32. The first-order chi connectivity index (χ1) is 13.6. The number of hydrogen-bond donors (Lipinski definition) is 0. The van der Waals surface area contributed by atoms with Crippen molar-refractivity contribution in [2.45, 2.75) is 31.8 Å². The molecular weight excluding hydrogens is 361 g/mol. The molecule has 1 aromatic heterocycles. The molecule has 1 aromatic carbocycles. The molecule has 1 fully saturated rings. The summed E-state index contributed by atoms with van der Waals surface area (Å²) < 4.78 is 13.1. The molecule has 4 rings (SSSR count). The average Bonchev–Trinajstić information content (AvgIpc) is 3.33. The number of nitrogens with zero attached hydrogens (tertiary/aromatic N) is 5. The molecule has 0 bridgehead atoms. The fourth-order valence-electron chi connectivity index (χ4n) is 3.71. The predicted molar refractivity (Wildman–Crippen MR) is 103 cm³/mol. The Bertz CT molecular complexity index is 883. The SMILES string of the molecule is CN1c2cnc(CCc3ccc(F)cc3)nc2N(C(=O)N2CCCC2)C1C=O. The van der Waals surface area contributed by atoms with Crippen LogP contribution in [0.5, 0.6) is 0 Å². The molecule has 2 amide bonds. The van der Waals surface area contributed by atoms with Crippen LogP contribution in [0.3, 0.4) is 0 Å². The van der Waals surface area contributed by atoms with Crippen molar-refractivity contribution in [3.05, 3.63) is 47.7 Å². The van der Waals surface area contributed by atoms with Gasteiger partial charge >= 0.3 is 6.03 Å². The summed E-state index contributed by atoms with van der Waals surface area (Å²) in [5.74, 6) is 0.791. The molecule has 0 N–H and O–H groups in total. The van der Waals surface area contributed by atoms with E-state index in [-0.39, 0.29) is 11.8 Å². The number of carbonyl (C=O) groups excluding carboxylic acids is 2. The monoisotopic (exact) mass is 383 g/mol. The Morgan fingerprint density at radius 1 is 1.21 bits per heavy atom. The number of urea groups is 1. The van der Waals surface area contributed by atoms with Crippen LogP contribution in [-0.4, -0.2) is 53.5 Å². The van der Waals surface area contributed by atoms with Gasteiger partial charge in [0.25, 0.3) is 0 Å². The minimum atomic E-state index is -0.718. The first-order valence-electron chi connectivity index (χ1n) is 9.45. The van der Waals surface area contributed by atoms with Crippen LogP contribution >= 0.6 is 0 Å². The summed E-state index contributed by atoms with van der Waals surface area (Å²) in [6.07, 6.45) is 4.86. The average molecular weight is 383 g/mol. The Labute approximate surface area is 162 Å². The maximum Gasteiger partial charge on any atom is 0.327 e. The van der Waals surface area contributed by atoms with Gasteiger partial charge in [-0.1, -0.05) is 12.1 Å². The Kier molecular flexibility index (Phi) is 4.93. The summed E-state index contributed by atoms with van der Waals surface area (Å²) in [5, 5.41) is 0. The summed E-state index contributed by atoms with van der Waals surface area (Å²) in [5.41, 5.74) is 1.65. The summed E-state index contributed by atoms with van der Waals surface area (Å²) in [6.45, 7) is 1.39. The van der Waals surface area contributed by atoms with Gasteiger partial charge in [-0.05, 0) is 37.0 Å². The molecule has 146 valence electrons. The largest absolute Gasteiger partial charge is 0.344 e. The molecule has 8 heteroatoms. The van der Waals surface area contributed by atoms with E-state index in [2.05, 4.69) is 9.97 Å². The van der Waals surface area contributed by atoms with Crippen molar-refractivity contribution in [3.8, 4) is 0 Å². The van der Waals surface area contributed by atoms with E-state index in [1.165, 1.54) is 17.0 Å². The van der Waals surface area contributed by atoms with Crippen LogP contribution in [0.2, 0.25) is 0 Å². The fraction of sp³-hybridized carbons (Fsp3) is 0.400. The van der Waals surface area contributed by atoms with E-state index in [0.717, 1.165) is 24.7 Å². The lowest BCUT2D eigenvalue weighted by Gasteiger charge is -2.28. The zero-order chi connectivity index (χ0) is 19.7. The second-order valence-electron chi connectivity index (χ2n) is 7.13. The Hall–Kier alpha value is -3.03. The maximum absolute atomic E-state index is 13.1. The van der Waals surface area contributed by atoms with E-state index < -0.39 is 6.17 Å². The van der Waals surface area contributed by atoms with Crippen LogP contribution in [0.25, 0.3) is 0 Å². The zero-order valence-electron chi connectivity index (χ0n) is 15.7. The molecule has 1 saturated heterocycles. The van der Waals surface area contributed by atoms with E-state index in [0.29, 0.717) is 43.3 Å². The number of halogens is 1. The van der Waals surface area contributed by atoms with E-state index in [9.17, 15) is 14.0 Å². The van der Waals surface area contributed by atoms with E-state index in [1.54, 1.807) is 35.2 Å². The number of aldehydes is 1. The van der Waals surface area contributed by atoms with Crippen molar-refractivity contribution in [3.63, 3.8) is 0 Å². The van der Waals surface area contributed by atoms with Crippen LogP contribution in [0.15, 0.2) is 30.5 Å². The highest BCUT2D eigenvalue weighted by Gasteiger charge is 2.41. The number of hydrogen-bond acceptors (Lipinski definition) is 5. The van der Waals surface area contributed by atoms with Crippen molar-refractivity contribution >= 4 is 23.8 Å². The van der Waals surface area contributed by atoms with Crippen molar-refractivity contribution in [2.75, 3.05) is 29.9 Å². The highest BCUT2D eigenvalue weighted by molar-refractivity contribution is 6.02. The number of likely N-dealkylation sites (tertiary alicyclic amines) is 1. The fourth-order valence-corrected chi connectivity index (χ4v) is 3.71. The van der Waals surface area contributed by atoms with E-state index in [1.807, 2.05) is 0 Å². The van der Waals surface area contributed by atoms with Crippen molar-refractivity contribution in [1.29, 1.82) is 0 Å². The van der Waals surface area contributed by atoms with Gasteiger partial charge in [0.05, 0.1) is 6.20 Å². The zero-order valence-corrected chi connectivity index (χ0v) is 15.7. The van der Waals surface area contributed by atoms with Crippen LogP contribution in [0.1, 0.15) is 24.2 Å². The third-order valence-corrected chi connectivity index (χ3v) is 5.32. The lowest BCUT2D eigenvalue weighted by Crippen LogP contribution is -2.51. The Morgan fingerprint density at radius 2 is 1.93 bits per heavy atom. The molecule has 0 aliphatic carbocycles. The van der Waals surface area contributed by atoms with E-state index in [4.69, 9.17) is 0 Å². The number of anilines is 2. The van der Waals surface area contributed by atoms with Crippen LogP contribution < -0.4 is 9.80 Å². The smallest absolute Gasteiger partial charge is 0.327 e. The van der Waals surface area contributed by atoms with Crippen LogP contribution in [0, 0.1) is 5.82 Å². The number of aryl methyl sites for hydroxylation is 2. The minimum absolute atomic E-state index is 0.191. The van der Waals surface area contributed by atoms with Gasteiger partial charge in [-0.15, -0.1) is 0 Å². The molecule has 1 atom stereocenters. The molecule has 3 heterocycles. The number of benzene rings is 1. The van der Waals surface area contributed by atoms with Crippen molar-refractivity contribution < 1.29 is 14.0 Å². The van der Waals surface area contributed by atoms with Gasteiger partial charge in [-0.25, -0.2) is 24.1 Å². The summed E-state index contributed by atoms with van der Waals surface area (Å²) in [7, 11) is 1.76. The van der Waals surface area contributed by atoms with Gasteiger partial charge in [0.15, 0.2) is 18.3 Å². The lowest BCUT2D eigenvalue weighted by atomic mass is 10.1. The highest BCUT2D eigenvalue weighted by Crippen LogP contribution is 2.37. The van der Waals surface area contributed by atoms with Gasteiger partial charge in [0.2, 0.25) is 0 Å². The second kappa shape index (κ2) is 7.53. The first kappa shape index (κ1) is 18.3. The summed E-state index contributed by atoms with van der Waals surface area (Å²) in [4.78, 5) is 38.7. The van der Waals surface area contributed by atoms with Gasteiger partial charge in [-0.3, -0.25) is 4.79 Å². The number of amides is 2. The quantitative estimate of drug-likeness (QED) is 0.759. The molecule has 1 unspecified atom stereocenters. The highest BCUT2D eigenvalue weighted by atomic mass is 19.1. The van der Waals surface area contributed by atoms with E-state index >= 15 is 0 Å². The van der Waals surface area contributed by atoms with Gasteiger partial charge in [0, 0.05) is 26.6 Å². The summed E-state index contributed by atoms with van der Waals surface area (Å²) >= 11 is 0.